The van der Waals surface area contributed by atoms with Crippen LogP contribution in [-0.2, 0) is 22.6 Å². The molecule has 0 radical (unpaired) electrons. The Labute approximate surface area is 100.0 Å². The van der Waals surface area contributed by atoms with Crippen molar-refractivity contribution in [3.8, 4) is 0 Å². The molecule has 17 heavy (non-hydrogen) atoms. The van der Waals surface area contributed by atoms with Crippen LogP contribution in [-0.4, -0.2) is 27.8 Å². The number of carbonyl (C=O) groups is 1. The van der Waals surface area contributed by atoms with E-state index in [1.165, 1.54) is 0 Å². The predicted octanol–water partition coefficient (Wildman–Crippen LogP) is 1.65. The predicted molar refractivity (Wildman–Crippen MR) is 59.4 cm³/mol. The second-order valence-electron chi connectivity index (χ2n) is 4.65. The maximum atomic E-state index is 10.7. The minimum Gasteiger partial charge on any atom is -0.481 e. The van der Waals surface area contributed by atoms with Crippen molar-refractivity contribution in [3.63, 3.8) is 0 Å². The molecule has 0 unspecified atom stereocenters. The summed E-state index contributed by atoms with van der Waals surface area (Å²) in [6.45, 7) is 6.51. The van der Waals surface area contributed by atoms with Crippen molar-refractivity contribution in [3.05, 3.63) is 11.7 Å². The number of ether oxygens (including phenoxy) is 1. The Bertz CT molecular complexity index is 373. The SMILES string of the molecule is CCOCc1noc(CC(C)(C)CC(=O)O)n1. The number of hydrogen-bond acceptors (Lipinski definition) is 5. The Kier molecular flexibility index (Phi) is 4.62. The summed E-state index contributed by atoms with van der Waals surface area (Å²) in [7, 11) is 0. The van der Waals surface area contributed by atoms with Crippen LogP contribution in [0.5, 0.6) is 0 Å². The molecule has 0 saturated heterocycles. The van der Waals surface area contributed by atoms with Gasteiger partial charge in [-0.2, -0.15) is 4.98 Å². The van der Waals surface area contributed by atoms with Crippen molar-refractivity contribution in [2.75, 3.05) is 6.61 Å². The van der Waals surface area contributed by atoms with Gasteiger partial charge in [0.2, 0.25) is 5.89 Å². The Morgan fingerprint density at radius 1 is 1.53 bits per heavy atom. The third-order valence-electron chi connectivity index (χ3n) is 2.20. The Hall–Kier alpha value is -1.43. The van der Waals surface area contributed by atoms with Gasteiger partial charge in [0.1, 0.15) is 6.61 Å². The monoisotopic (exact) mass is 242 g/mol. The molecule has 0 bridgehead atoms. The van der Waals surface area contributed by atoms with Gasteiger partial charge in [-0.3, -0.25) is 4.79 Å². The average molecular weight is 242 g/mol. The number of carboxylic acids is 1. The molecular formula is C11H18N2O4. The molecule has 0 aliphatic heterocycles. The summed E-state index contributed by atoms with van der Waals surface area (Å²) in [4.78, 5) is 14.8. The van der Waals surface area contributed by atoms with E-state index in [9.17, 15) is 4.79 Å². The molecule has 1 aromatic heterocycles. The van der Waals surface area contributed by atoms with E-state index >= 15 is 0 Å². The van der Waals surface area contributed by atoms with Crippen LogP contribution < -0.4 is 0 Å². The van der Waals surface area contributed by atoms with Gasteiger partial charge in [-0.15, -0.1) is 0 Å². The zero-order chi connectivity index (χ0) is 12.9. The second kappa shape index (κ2) is 5.77. The molecule has 1 aromatic rings. The molecule has 0 aliphatic rings. The minimum atomic E-state index is -0.830. The normalized spacial score (nSPS) is 11.7. The highest BCUT2D eigenvalue weighted by Gasteiger charge is 2.25. The molecule has 0 aromatic carbocycles. The summed E-state index contributed by atoms with van der Waals surface area (Å²) in [5.74, 6) is 0.114. The van der Waals surface area contributed by atoms with Gasteiger partial charge in [0, 0.05) is 13.0 Å². The summed E-state index contributed by atoms with van der Waals surface area (Å²) in [6.07, 6.45) is 0.509. The third kappa shape index (κ3) is 4.95. The highest BCUT2D eigenvalue weighted by molar-refractivity contribution is 5.67. The molecule has 1 heterocycles. The van der Waals surface area contributed by atoms with Gasteiger partial charge in [-0.1, -0.05) is 19.0 Å². The van der Waals surface area contributed by atoms with E-state index in [2.05, 4.69) is 10.1 Å². The van der Waals surface area contributed by atoms with E-state index in [4.69, 9.17) is 14.4 Å². The lowest BCUT2D eigenvalue weighted by atomic mass is 9.86. The first kappa shape index (κ1) is 13.6. The quantitative estimate of drug-likeness (QED) is 0.782. The van der Waals surface area contributed by atoms with Gasteiger partial charge in [0.25, 0.3) is 0 Å². The third-order valence-corrected chi connectivity index (χ3v) is 2.20. The van der Waals surface area contributed by atoms with Crippen LogP contribution in [0.2, 0.25) is 0 Å². The number of hydrogen-bond donors (Lipinski definition) is 1. The molecule has 0 spiro atoms. The zero-order valence-corrected chi connectivity index (χ0v) is 10.4. The van der Waals surface area contributed by atoms with E-state index in [0.29, 0.717) is 31.3 Å². The van der Waals surface area contributed by atoms with Crippen molar-refractivity contribution < 1.29 is 19.2 Å². The van der Waals surface area contributed by atoms with Crippen LogP contribution in [0.1, 0.15) is 38.9 Å². The van der Waals surface area contributed by atoms with Crippen LogP contribution in [0.4, 0.5) is 0 Å². The molecular weight excluding hydrogens is 224 g/mol. The Morgan fingerprint density at radius 2 is 2.24 bits per heavy atom. The number of aliphatic carboxylic acids is 1. The van der Waals surface area contributed by atoms with E-state index in [0.717, 1.165) is 0 Å². The Morgan fingerprint density at radius 3 is 2.82 bits per heavy atom. The summed E-state index contributed by atoms with van der Waals surface area (Å²) < 4.78 is 10.2. The van der Waals surface area contributed by atoms with Gasteiger partial charge in [0.15, 0.2) is 5.82 Å². The topological polar surface area (TPSA) is 85.5 Å². The number of nitrogens with zero attached hydrogens (tertiary/aromatic N) is 2. The van der Waals surface area contributed by atoms with Crippen molar-refractivity contribution in [1.82, 2.24) is 10.1 Å². The largest absolute Gasteiger partial charge is 0.481 e. The lowest BCUT2D eigenvalue weighted by molar-refractivity contribution is -0.139. The fourth-order valence-corrected chi connectivity index (χ4v) is 1.50. The van der Waals surface area contributed by atoms with E-state index in [-0.39, 0.29) is 6.42 Å². The number of rotatable bonds is 7. The number of aromatic nitrogens is 2. The maximum Gasteiger partial charge on any atom is 0.303 e. The van der Waals surface area contributed by atoms with E-state index < -0.39 is 11.4 Å². The second-order valence-corrected chi connectivity index (χ2v) is 4.65. The summed E-state index contributed by atoms with van der Waals surface area (Å²) in [6, 6.07) is 0. The van der Waals surface area contributed by atoms with E-state index in [1.807, 2.05) is 20.8 Å². The molecule has 1 rings (SSSR count). The van der Waals surface area contributed by atoms with Gasteiger partial charge < -0.3 is 14.4 Å². The smallest absolute Gasteiger partial charge is 0.303 e. The molecule has 0 aliphatic carbocycles. The summed E-state index contributed by atoms with van der Waals surface area (Å²) in [5.41, 5.74) is -0.402. The van der Waals surface area contributed by atoms with Gasteiger partial charge >= 0.3 is 5.97 Å². The van der Waals surface area contributed by atoms with Crippen LogP contribution in [0.25, 0.3) is 0 Å². The summed E-state index contributed by atoms with van der Waals surface area (Å²) in [5, 5.41) is 12.5. The lowest BCUT2D eigenvalue weighted by Crippen LogP contribution is -2.19. The average Bonchev–Trinajstić information content (AvgIpc) is 2.59. The highest BCUT2D eigenvalue weighted by atomic mass is 16.5. The molecule has 0 amide bonds. The fourth-order valence-electron chi connectivity index (χ4n) is 1.50. The molecule has 0 fully saturated rings. The van der Waals surface area contributed by atoms with Crippen molar-refractivity contribution in [2.24, 2.45) is 5.41 Å². The maximum absolute atomic E-state index is 10.7. The first-order chi connectivity index (χ1) is 7.93. The minimum absolute atomic E-state index is 0.0656. The standard InChI is InChI=1S/C11H18N2O4/c1-4-16-7-8-12-9(17-13-8)5-11(2,3)6-10(14)15/h4-7H2,1-3H3,(H,14,15). The molecule has 6 heteroatoms. The van der Waals surface area contributed by atoms with Crippen molar-refractivity contribution >= 4 is 5.97 Å². The van der Waals surface area contributed by atoms with E-state index in [1.54, 1.807) is 0 Å². The van der Waals surface area contributed by atoms with Gasteiger partial charge in [-0.05, 0) is 12.3 Å². The lowest BCUT2D eigenvalue weighted by Gasteiger charge is -2.19. The molecule has 6 nitrogen and oxygen atoms in total. The van der Waals surface area contributed by atoms with Gasteiger partial charge in [0.05, 0.1) is 6.42 Å². The fraction of sp³-hybridized carbons (Fsp3) is 0.727. The first-order valence-corrected chi connectivity index (χ1v) is 5.54. The Balaban J connectivity index is 2.56. The molecule has 96 valence electrons. The van der Waals surface area contributed by atoms with Crippen LogP contribution in [0, 0.1) is 5.41 Å². The van der Waals surface area contributed by atoms with Crippen LogP contribution in [0.15, 0.2) is 4.52 Å². The van der Waals surface area contributed by atoms with Crippen molar-refractivity contribution in [2.45, 2.75) is 40.2 Å². The first-order valence-electron chi connectivity index (χ1n) is 5.54. The van der Waals surface area contributed by atoms with Crippen LogP contribution in [0.3, 0.4) is 0 Å². The molecule has 0 atom stereocenters. The molecule has 1 N–H and O–H groups in total. The van der Waals surface area contributed by atoms with Gasteiger partial charge in [-0.25, -0.2) is 0 Å². The highest BCUT2D eigenvalue weighted by Crippen LogP contribution is 2.25. The zero-order valence-electron chi connectivity index (χ0n) is 10.4. The summed E-state index contributed by atoms with van der Waals surface area (Å²) >= 11 is 0. The molecule has 0 saturated carbocycles. The number of carboxylic acid groups (broad SMARTS) is 1. The van der Waals surface area contributed by atoms with Crippen LogP contribution >= 0.6 is 0 Å². The van der Waals surface area contributed by atoms with Crippen molar-refractivity contribution in [1.29, 1.82) is 0 Å².